The molecule has 0 saturated carbocycles. The molecular weight excluding hydrogens is 312 g/mol. The number of rotatable bonds is 4. The molecule has 0 bridgehead atoms. The van der Waals surface area contributed by atoms with Crippen LogP contribution in [0.3, 0.4) is 0 Å². The summed E-state index contributed by atoms with van der Waals surface area (Å²) in [6.07, 6.45) is 5.14. The molecule has 3 heterocycles. The van der Waals surface area contributed by atoms with Gasteiger partial charge < -0.3 is 9.67 Å². The first-order chi connectivity index (χ1) is 11.2. The Kier molecular flexibility index (Phi) is 3.47. The van der Waals surface area contributed by atoms with Gasteiger partial charge in [-0.2, -0.15) is 5.10 Å². The van der Waals surface area contributed by atoms with Crippen molar-refractivity contribution in [3.8, 4) is 11.3 Å². The molecule has 0 spiro atoms. The molecule has 1 aliphatic heterocycles. The van der Waals surface area contributed by atoms with Crippen LogP contribution < -0.4 is 0 Å². The van der Waals surface area contributed by atoms with E-state index in [1.165, 1.54) is 11.1 Å². The number of fused-ring (bicyclic) bond motifs is 3. The van der Waals surface area contributed by atoms with Crippen molar-refractivity contribution >= 4 is 11.6 Å². The Bertz CT molecular complexity index is 854. The second-order valence-corrected chi connectivity index (χ2v) is 6.14. The van der Waals surface area contributed by atoms with Gasteiger partial charge in [-0.1, -0.05) is 35.9 Å². The number of halogens is 1. The molecule has 6 heteroatoms. The third kappa shape index (κ3) is 2.19. The van der Waals surface area contributed by atoms with Crippen LogP contribution in [0, 0.1) is 0 Å². The van der Waals surface area contributed by atoms with Gasteiger partial charge in [-0.05, 0) is 12.5 Å². The zero-order valence-electron chi connectivity index (χ0n) is 12.7. The molecule has 4 rings (SSSR count). The van der Waals surface area contributed by atoms with Gasteiger partial charge in [0.25, 0.3) is 0 Å². The van der Waals surface area contributed by atoms with E-state index in [1.807, 2.05) is 31.6 Å². The molecule has 2 atom stereocenters. The topological polar surface area (TPSA) is 55.9 Å². The van der Waals surface area contributed by atoms with Crippen molar-refractivity contribution in [2.24, 2.45) is 0 Å². The number of aromatic nitrogens is 4. The first kappa shape index (κ1) is 14.5. The van der Waals surface area contributed by atoms with Gasteiger partial charge >= 0.3 is 0 Å². The van der Waals surface area contributed by atoms with Gasteiger partial charge in [0.2, 0.25) is 0 Å². The Balaban J connectivity index is 1.71. The Labute approximate surface area is 139 Å². The van der Waals surface area contributed by atoms with E-state index < -0.39 is 6.10 Å². The van der Waals surface area contributed by atoms with E-state index >= 15 is 0 Å². The molecule has 3 aromatic rings. The van der Waals surface area contributed by atoms with Gasteiger partial charge in [-0.25, -0.2) is 4.98 Å². The van der Waals surface area contributed by atoms with Crippen molar-refractivity contribution < 1.29 is 5.11 Å². The van der Waals surface area contributed by atoms with Crippen LogP contribution >= 0.6 is 11.6 Å². The smallest absolute Gasteiger partial charge is 0.0994 e. The largest absolute Gasteiger partial charge is 0.387 e. The average Bonchev–Trinajstić information content (AvgIpc) is 3.24. The van der Waals surface area contributed by atoms with Crippen molar-refractivity contribution in [2.45, 2.75) is 32.0 Å². The number of aliphatic hydroxyl groups is 1. The summed E-state index contributed by atoms with van der Waals surface area (Å²) in [7, 11) is 0. The van der Waals surface area contributed by atoms with Gasteiger partial charge in [0.15, 0.2) is 0 Å². The fourth-order valence-corrected chi connectivity index (χ4v) is 3.72. The molecule has 0 fully saturated rings. The van der Waals surface area contributed by atoms with Crippen molar-refractivity contribution in [3.63, 3.8) is 0 Å². The van der Waals surface area contributed by atoms with E-state index in [0.717, 1.165) is 5.69 Å². The maximum Gasteiger partial charge on any atom is 0.0994 e. The molecule has 1 aromatic carbocycles. The van der Waals surface area contributed by atoms with Crippen LogP contribution in [0.15, 0.2) is 43.0 Å². The molecule has 0 radical (unpaired) electrons. The maximum atomic E-state index is 10.8. The van der Waals surface area contributed by atoms with Crippen LogP contribution in [0.5, 0.6) is 0 Å². The summed E-state index contributed by atoms with van der Waals surface area (Å²) >= 11 is 6.22. The highest BCUT2D eigenvalue weighted by atomic mass is 35.5. The average molecular weight is 329 g/mol. The van der Waals surface area contributed by atoms with Crippen molar-refractivity contribution in [1.82, 2.24) is 19.3 Å². The second kappa shape index (κ2) is 5.51. The van der Waals surface area contributed by atoms with Gasteiger partial charge in [-0.15, -0.1) is 0 Å². The Hall–Kier alpha value is -2.11. The first-order valence-electron chi connectivity index (χ1n) is 7.71. The third-order valence-electron chi connectivity index (χ3n) is 4.49. The zero-order chi connectivity index (χ0) is 16.0. The maximum absolute atomic E-state index is 10.8. The van der Waals surface area contributed by atoms with E-state index in [2.05, 4.69) is 26.8 Å². The first-order valence-corrected chi connectivity index (χ1v) is 8.09. The molecule has 1 aliphatic rings. The standard InChI is InChI=1S/C17H17ClN4O/c1-2-22-17(13(18)8-20-22)16(23)7-14-11-5-3-4-6-12(11)15-9-19-10-21(14)15/h3-6,8-10,14,16,23H,2,7H2,1H3/t14-,16-/m1/s1. The number of nitrogens with zero attached hydrogens (tertiary/aromatic N) is 4. The molecule has 5 nitrogen and oxygen atoms in total. The highest BCUT2D eigenvalue weighted by molar-refractivity contribution is 6.31. The lowest BCUT2D eigenvalue weighted by Crippen LogP contribution is -2.14. The number of hydrogen-bond acceptors (Lipinski definition) is 3. The quantitative estimate of drug-likeness (QED) is 0.798. The summed E-state index contributed by atoms with van der Waals surface area (Å²) in [6.45, 7) is 2.66. The summed E-state index contributed by atoms with van der Waals surface area (Å²) in [5.41, 5.74) is 4.16. The SMILES string of the molecule is CCn1ncc(Cl)c1[C@H](O)C[C@@H]1c2ccccc2-c2cncn21. The minimum atomic E-state index is -0.684. The summed E-state index contributed by atoms with van der Waals surface area (Å²) < 4.78 is 3.87. The third-order valence-corrected chi connectivity index (χ3v) is 4.78. The highest BCUT2D eigenvalue weighted by Gasteiger charge is 2.31. The number of benzene rings is 1. The molecule has 2 aromatic heterocycles. The lowest BCUT2D eigenvalue weighted by Gasteiger charge is -2.20. The Morgan fingerprint density at radius 2 is 2.13 bits per heavy atom. The van der Waals surface area contributed by atoms with Crippen LogP contribution in [-0.2, 0) is 6.54 Å². The normalized spacial score (nSPS) is 17.1. The van der Waals surface area contributed by atoms with Crippen molar-refractivity contribution in [2.75, 3.05) is 0 Å². The van der Waals surface area contributed by atoms with Crippen LogP contribution in [-0.4, -0.2) is 24.4 Å². The van der Waals surface area contributed by atoms with E-state index in [4.69, 9.17) is 11.6 Å². The van der Waals surface area contributed by atoms with E-state index in [-0.39, 0.29) is 6.04 Å². The Morgan fingerprint density at radius 3 is 2.96 bits per heavy atom. The predicted molar refractivity (Wildman–Crippen MR) is 88.3 cm³/mol. The summed E-state index contributed by atoms with van der Waals surface area (Å²) in [6, 6.07) is 8.31. The number of imidazole rings is 1. The lowest BCUT2D eigenvalue weighted by atomic mass is 9.97. The van der Waals surface area contributed by atoms with Crippen molar-refractivity contribution in [3.05, 3.63) is 59.3 Å². The molecule has 1 N–H and O–H groups in total. The molecule has 118 valence electrons. The zero-order valence-corrected chi connectivity index (χ0v) is 13.5. The second-order valence-electron chi connectivity index (χ2n) is 5.73. The molecule has 0 amide bonds. The molecule has 23 heavy (non-hydrogen) atoms. The molecule has 0 saturated heterocycles. The number of aliphatic hydroxyl groups excluding tert-OH is 1. The van der Waals surface area contributed by atoms with Gasteiger partial charge in [0.05, 0.1) is 47.3 Å². The highest BCUT2D eigenvalue weighted by Crippen LogP contribution is 2.43. The number of aryl methyl sites for hydroxylation is 1. The fraction of sp³-hybridized carbons (Fsp3) is 0.294. The van der Waals surface area contributed by atoms with Gasteiger partial charge in [0, 0.05) is 18.5 Å². The summed E-state index contributed by atoms with van der Waals surface area (Å²) in [5.74, 6) is 0. The van der Waals surface area contributed by atoms with E-state index in [9.17, 15) is 5.11 Å². The monoisotopic (exact) mass is 328 g/mol. The van der Waals surface area contributed by atoms with Crippen LogP contribution in [0.1, 0.15) is 36.7 Å². The van der Waals surface area contributed by atoms with Gasteiger partial charge in [-0.3, -0.25) is 4.68 Å². The minimum Gasteiger partial charge on any atom is -0.387 e. The lowest BCUT2D eigenvalue weighted by molar-refractivity contribution is 0.143. The van der Waals surface area contributed by atoms with Crippen LogP contribution in [0.2, 0.25) is 5.02 Å². The Morgan fingerprint density at radius 1 is 1.30 bits per heavy atom. The summed E-state index contributed by atoms with van der Waals surface area (Å²) in [4.78, 5) is 4.25. The fourth-order valence-electron chi connectivity index (χ4n) is 3.45. The van der Waals surface area contributed by atoms with E-state index in [1.54, 1.807) is 10.9 Å². The van der Waals surface area contributed by atoms with Crippen molar-refractivity contribution in [1.29, 1.82) is 0 Å². The van der Waals surface area contributed by atoms with Gasteiger partial charge in [0.1, 0.15) is 0 Å². The van der Waals surface area contributed by atoms with Crippen LogP contribution in [0.4, 0.5) is 0 Å². The predicted octanol–water partition coefficient (Wildman–Crippen LogP) is 3.45. The molecular formula is C17H17ClN4O. The van der Waals surface area contributed by atoms with Crippen LogP contribution in [0.25, 0.3) is 11.3 Å². The molecule has 0 aliphatic carbocycles. The van der Waals surface area contributed by atoms with E-state index in [0.29, 0.717) is 23.7 Å². The minimum absolute atomic E-state index is 0.0509. The number of hydrogen-bond donors (Lipinski definition) is 1. The molecule has 0 unspecified atom stereocenters. The summed E-state index contributed by atoms with van der Waals surface area (Å²) in [5, 5.41) is 15.5.